The van der Waals surface area contributed by atoms with Gasteiger partial charge in [0.1, 0.15) is 0 Å². The highest BCUT2D eigenvalue weighted by Crippen LogP contribution is 2.53. The first-order valence-electron chi connectivity index (χ1n) is 10.4. The van der Waals surface area contributed by atoms with Crippen LogP contribution in [-0.4, -0.2) is 30.0 Å². The first-order chi connectivity index (χ1) is 14.3. The molecule has 3 atom stereocenters. The van der Waals surface area contributed by atoms with Crippen molar-refractivity contribution in [1.82, 2.24) is 4.31 Å². The van der Waals surface area contributed by atoms with E-state index in [0.717, 1.165) is 31.2 Å². The largest absolute Gasteiger partial charge is 0.326 e. The Morgan fingerprint density at radius 3 is 2.43 bits per heavy atom. The molecule has 160 valence electrons. The summed E-state index contributed by atoms with van der Waals surface area (Å²) in [7, 11) is -3.72. The van der Waals surface area contributed by atoms with Crippen molar-refractivity contribution in [2.24, 2.45) is 5.92 Å². The van der Waals surface area contributed by atoms with Gasteiger partial charge in [-0.05, 0) is 55.0 Å². The molecule has 0 bridgehead atoms. The Balaban J connectivity index is 1.72. The van der Waals surface area contributed by atoms with Crippen LogP contribution in [0.2, 0.25) is 0 Å². The third kappa shape index (κ3) is 4.01. The van der Waals surface area contributed by atoms with Gasteiger partial charge in [0.15, 0.2) is 0 Å². The molecule has 0 spiro atoms. The summed E-state index contributed by atoms with van der Waals surface area (Å²) in [6.07, 6.45) is 4.69. The Bertz CT molecular complexity index is 1010. The number of nitrogens with one attached hydrogen (secondary N) is 1. The third-order valence-electron chi connectivity index (χ3n) is 6.38. The van der Waals surface area contributed by atoms with E-state index >= 15 is 0 Å². The topological polar surface area (TPSA) is 66.5 Å². The number of sulfonamides is 1. The van der Waals surface area contributed by atoms with Gasteiger partial charge in [-0.15, -0.1) is 11.6 Å². The van der Waals surface area contributed by atoms with Gasteiger partial charge in [0, 0.05) is 19.2 Å². The van der Waals surface area contributed by atoms with Gasteiger partial charge in [-0.1, -0.05) is 43.2 Å². The highest BCUT2D eigenvalue weighted by atomic mass is 35.5. The maximum atomic E-state index is 13.7. The van der Waals surface area contributed by atoms with E-state index in [1.165, 1.54) is 6.92 Å². The number of carbonyl (C=O) groups is 1. The fourth-order valence-electron chi connectivity index (χ4n) is 4.98. The number of piperidine rings is 1. The monoisotopic (exact) mass is 446 g/mol. The van der Waals surface area contributed by atoms with Gasteiger partial charge in [-0.2, -0.15) is 4.31 Å². The summed E-state index contributed by atoms with van der Waals surface area (Å²) in [6.45, 7) is 1.82. The summed E-state index contributed by atoms with van der Waals surface area (Å²) >= 11 is 7.09. The molecular formula is C23H27ClN2O3S. The fraction of sp³-hybridized carbons (Fsp3) is 0.435. The van der Waals surface area contributed by atoms with Gasteiger partial charge < -0.3 is 5.32 Å². The number of hydrogen-bond donors (Lipinski definition) is 1. The van der Waals surface area contributed by atoms with Crippen molar-refractivity contribution in [3.05, 3.63) is 60.2 Å². The van der Waals surface area contributed by atoms with Crippen LogP contribution in [0.15, 0.2) is 59.5 Å². The summed E-state index contributed by atoms with van der Waals surface area (Å²) in [5.74, 6) is -0.112. The molecule has 5 nitrogen and oxygen atoms in total. The van der Waals surface area contributed by atoms with E-state index in [1.54, 1.807) is 28.6 Å². The second-order valence-electron chi connectivity index (χ2n) is 8.31. The maximum absolute atomic E-state index is 13.7. The number of benzene rings is 2. The summed E-state index contributed by atoms with van der Waals surface area (Å²) in [5, 5.41) is 2.67. The van der Waals surface area contributed by atoms with Gasteiger partial charge in [0.05, 0.1) is 15.8 Å². The highest BCUT2D eigenvalue weighted by Gasteiger charge is 2.51. The average Bonchev–Trinajstić information content (AvgIpc) is 2.73. The molecule has 1 aliphatic carbocycles. The van der Waals surface area contributed by atoms with E-state index in [9.17, 15) is 13.2 Å². The van der Waals surface area contributed by atoms with E-state index in [-0.39, 0.29) is 27.6 Å². The van der Waals surface area contributed by atoms with Crippen LogP contribution < -0.4 is 5.32 Å². The molecule has 1 saturated carbocycles. The zero-order valence-electron chi connectivity index (χ0n) is 17.1. The van der Waals surface area contributed by atoms with Crippen LogP contribution in [0.1, 0.15) is 50.6 Å². The third-order valence-corrected chi connectivity index (χ3v) is 8.94. The van der Waals surface area contributed by atoms with E-state index < -0.39 is 10.0 Å². The SMILES string of the molecule is CC(=O)Nc1ccc(S(=O)(=O)N2CC[C@]3(Cl)CCCC[C@@H]3[C@@H]2c2ccccc2)cc1. The van der Waals surface area contributed by atoms with Gasteiger partial charge in [0.2, 0.25) is 15.9 Å². The highest BCUT2D eigenvalue weighted by molar-refractivity contribution is 7.89. The van der Waals surface area contributed by atoms with Crippen molar-refractivity contribution in [3.63, 3.8) is 0 Å². The molecule has 7 heteroatoms. The quantitative estimate of drug-likeness (QED) is 0.676. The minimum Gasteiger partial charge on any atom is -0.326 e. The number of nitrogens with zero attached hydrogens (tertiary/aromatic N) is 1. The Morgan fingerprint density at radius 2 is 1.77 bits per heavy atom. The van der Waals surface area contributed by atoms with E-state index in [0.29, 0.717) is 18.7 Å². The summed E-state index contributed by atoms with van der Waals surface area (Å²) in [4.78, 5) is 11.1. The lowest BCUT2D eigenvalue weighted by Crippen LogP contribution is -2.53. The van der Waals surface area contributed by atoms with Crippen LogP contribution in [0.4, 0.5) is 5.69 Å². The molecule has 1 aliphatic heterocycles. The van der Waals surface area contributed by atoms with E-state index in [4.69, 9.17) is 11.6 Å². The van der Waals surface area contributed by atoms with Gasteiger partial charge in [-0.3, -0.25) is 4.79 Å². The second kappa shape index (κ2) is 8.33. The summed E-state index contributed by atoms with van der Waals surface area (Å²) in [5.41, 5.74) is 1.57. The molecule has 0 radical (unpaired) electrons. The molecule has 0 unspecified atom stereocenters. The molecule has 0 aromatic heterocycles. The van der Waals surface area contributed by atoms with Crippen LogP contribution in [0.3, 0.4) is 0 Å². The Kier molecular flexibility index (Phi) is 5.93. The molecule has 1 heterocycles. The molecule has 2 aliphatic rings. The number of fused-ring (bicyclic) bond motifs is 1. The number of rotatable bonds is 4. The van der Waals surface area contributed by atoms with Crippen LogP contribution in [0.5, 0.6) is 0 Å². The minimum absolute atomic E-state index is 0.0810. The molecule has 30 heavy (non-hydrogen) atoms. The molecule has 2 fully saturated rings. The molecule has 2 aromatic carbocycles. The number of amides is 1. The lowest BCUT2D eigenvalue weighted by atomic mass is 9.69. The normalized spacial score (nSPS) is 27.3. The van der Waals surface area contributed by atoms with Crippen LogP contribution in [-0.2, 0) is 14.8 Å². The van der Waals surface area contributed by atoms with Crippen molar-refractivity contribution >= 4 is 33.2 Å². The van der Waals surface area contributed by atoms with Crippen molar-refractivity contribution in [1.29, 1.82) is 0 Å². The van der Waals surface area contributed by atoms with Gasteiger partial charge in [0.25, 0.3) is 0 Å². The fourth-order valence-corrected chi connectivity index (χ4v) is 7.08. The molecular weight excluding hydrogens is 420 g/mol. The standard InChI is InChI=1S/C23H27ClN2O3S/c1-17(27)25-19-10-12-20(13-11-19)30(28,29)26-16-15-23(24)14-6-5-9-21(23)22(26)18-7-3-2-4-8-18/h2-4,7-8,10-13,21-22H,5-6,9,14-16H2,1H3,(H,25,27)/t21-,22+,23-/m1/s1. The summed E-state index contributed by atoms with van der Waals surface area (Å²) < 4.78 is 29.0. The number of halogens is 1. The van der Waals surface area contributed by atoms with Gasteiger partial charge >= 0.3 is 0 Å². The first kappa shape index (κ1) is 21.3. The molecule has 1 N–H and O–H groups in total. The molecule has 1 saturated heterocycles. The first-order valence-corrected chi connectivity index (χ1v) is 12.3. The number of carbonyl (C=O) groups excluding carboxylic acids is 1. The second-order valence-corrected chi connectivity index (χ2v) is 11.0. The van der Waals surface area contributed by atoms with Crippen LogP contribution >= 0.6 is 11.6 Å². The average molecular weight is 447 g/mol. The van der Waals surface area contributed by atoms with E-state index in [1.807, 2.05) is 30.3 Å². The van der Waals surface area contributed by atoms with Crippen molar-refractivity contribution in [2.45, 2.75) is 54.8 Å². The Labute approximate surface area is 183 Å². The lowest BCUT2D eigenvalue weighted by molar-refractivity contribution is -0.114. The van der Waals surface area contributed by atoms with Gasteiger partial charge in [-0.25, -0.2) is 8.42 Å². The molecule has 4 rings (SSSR count). The Hall–Kier alpha value is -1.89. The zero-order chi connectivity index (χ0) is 21.4. The Morgan fingerprint density at radius 1 is 1.07 bits per heavy atom. The number of alkyl halides is 1. The minimum atomic E-state index is -3.72. The zero-order valence-corrected chi connectivity index (χ0v) is 18.6. The van der Waals surface area contributed by atoms with Crippen molar-refractivity contribution in [2.75, 3.05) is 11.9 Å². The molecule has 2 aromatic rings. The van der Waals surface area contributed by atoms with Crippen LogP contribution in [0, 0.1) is 5.92 Å². The van der Waals surface area contributed by atoms with Crippen LogP contribution in [0.25, 0.3) is 0 Å². The maximum Gasteiger partial charge on any atom is 0.243 e. The summed E-state index contributed by atoms with van der Waals surface area (Å²) in [6, 6.07) is 16.0. The predicted octanol–water partition coefficient (Wildman–Crippen LogP) is 4.95. The molecule has 1 amide bonds. The lowest BCUT2D eigenvalue weighted by Gasteiger charge is -2.51. The number of hydrogen-bond acceptors (Lipinski definition) is 3. The number of anilines is 1. The van der Waals surface area contributed by atoms with Crippen molar-refractivity contribution in [3.8, 4) is 0 Å². The van der Waals surface area contributed by atoms with Crippen molar-refractivity contribution < 1.29 is 13.2 Å². The van der Waals surface area contributed by atoms with E-state index in [2.05, 4.69) is 5.32 Å². The smallest absolute Gasteiger partial charge is 0.243 e. The predicted molar refractivity (Wildman–Crippen MR) is 119 cm³/mol.